The van der Waals surface area contributed by atoms with Gasteiger partial charge in [0.15, 0.2) is 0 Å². The third-order valence-corrected chi connectivity index (χ3v) is 3.78. The van der Waals surface area contributed by atoms with Gasteiger partial charge in [-0.1, -0.05) is 26.0 Å². The molecule has 0 amide bonds. The molecule has 2 aromatic rings. The quantitative estimate of drug-likeness (QED) is 0.882. The van der Waals surface area contributed by atoms with E-state index in [-0.39, 0.29) is 0 Å². The third-order valence-electron chi connectivity index (χ3n) is 2.79. The summed E-state index contributed by atoms with van der Waals surface area (Å²) >= 11 is 1.54. The summed E-state index contributed by atoms with van der Waals surface area (Å²) in [4.78, 5) is 1.95. The van der Waals surface area contributed by atoms with Crippen LogP contribution in [0.3, 0.4) is 0 Å². The highest BCUT2D eigenvalue weighted by Crippen LogP contribution is 2.20. The van der Waals surface area contributed by atoms with E-state index in [1.54, 1.807) is 0 Å². The molecule has 0 saturated carbocycles. The highest BCUT2D eigenvalue weighted by atomic mass is 32.1. The molecule has 2 nitrogen and oxygen atoms in total. The van der Waals surface area contributed by atoms with Crippen LogP contribution in [-0.2, 0) is 6.54 Å². The number of anilines is 1. The third kappa shape index (κ3) is 3.12. The van der Waals surface area contributed by atoms with Crippen molar-refractivity contribution in [2.24, 2.45) is 0 Å². The van der Waals surface area contributed by atoms with Gasteiger partial charge >= 0.3 is 0 Å². The van der Waals surface area contributed by atoms with Crippen molar-refractivity contribution in [3.63, 3.8) is 0 Å². The first-order chi connectivity index (χ1) is 8.69. The van der Waals surface area contributed by atoms with Crippen LogP contribution in [0.15, 0.2) is 36.4 Å². The van der Waals surface area contributed by atoms with Gasteiger partial charge in [0.1, 0.15) is 10.9 Å². The Morgan fingerprint density at radius 2 is 2.11 bits per heavy atom. The Morgan fingerprint density at radius 1 is 1.28 bits per heavy atom. The van der Waals surface area contributed by atoms with Gasteiger partial charge in [0.05, 0.1) is 0 Å². The predicted octanol–water partition coefficient (Wildman–Crippen LogP) is 4.36. The van der Waals surface area contributed by atoms with Gasteiger partial charge in [0.25, 0.3) is 0 Å². The molecule has 0 spiro atoms. The Labute approximate surface area is 112 Å². The van der Waals surface area contributed by atoms with Gasteiger partial charge in [-0.3, -0.25) is 0 Å². The van der Waals surface area contributed by atoms with Gasteiger partial charge < -0.3 is 5.32 Å². The van der Waals surface area contributed by atoms with Gasteiger partial charge in [-0.25, -0.2) is 0 Å². The summed E-state index contributed by atoms with van der Waals surface area (Å²) in [7, 11) is 0. The fraction of sp³-hybridized carbons (Fsp3) is 0.267. The average molecular weight is 256 g/mol. The Morgan fingerprint density at radius 3 is 2.78 bits per heavy atom. The summed E-state index contributed by atoms with van der Waals surface area (Å²) in [5.74, 6) is 0.540. The molecule has 0 atom stereocenters. The summed E-state index contributed by atoms with van der Waals surface area (Å²) in [6.07, 6.45) is 0. The molecule has 0 aliphatic heterocycles. The van der Waals surface area contributed by atoms with Crippen molar-refractivity contribution >= 4 is 17.0 Å². The number of benzene rings is 1. The normalized spacial score (nSPS) is 10.3. The molecular weight excluding hydrogens is 240 g/mol. The zero-order chi connectivity index (χ0) is 13.0. The van der Waals surface area contributed by atoms with Crippen molar-refractivity contribution < 1.29 is 0 Å². The minimum absolute atomic E-state index is 0.540. The van der Waals surface area contributed by atoms with Crippen molar-refractivity contribution in [3.8, 4) is 6.07 Å². The van der Waals surface area contributed by atoms with E-state index in [1.807, 2.05) is 12.1 Å². The monoisotopic (exact) mass is 256 g/mol. The number of thiophene rings is 1. The Balaban J connectivity index is 2.02. The summed E-state index contributed by atoms with van der Waals surface area (Å²) in [5.41, 5.74) is 2.47. The topological polar surface area (TPSA) is 35.8 Å². The maximum atomic E-state index is 8.77. The fourth-order valence-corrected chi connectivity index (χ4v) is 2.47. The van der Waals surface area contributed by atoms with Gasteiger partial charge in [-0.2, -0.15) is 5.26 Å². The molecule has 1 N–H and O–H groups in total. The van der Waals surface area contributed by atoms with Crippen LogP contribution in [0.1, 0.15) is 35.1 Å². The van der Waals surface area contributed by atoms with Crippen LogP contribution >= 0.6 is 11.3 Å². The number of rotatable bonds is 4. The predicted molar refractivity (Wildman–Crippen MR) is 76.9 cm³/mol. The molecule has 0 unspecified atom stereocenters. The van der Waals surface area contributed by atoms with Crippen LogP contribution in [0.2, 0.25) is 0 Å². The van der Waals surface area contributed by atoms with Crippen molar-refractivity contribution in [3.05, 3.63) is 51.7 Å². The van der Waals surface area contributed by atoms with Crippen LogP contribution in [-0.4, -0.2) is 0 Å². The second-order valence-corrected chi connectivity index (χ2v) is 5.68. The standard InChI is InChI=1S/C15H16N2S/c1-11(2)12-4-3-5-13(8-12)17-10-15-7-6-14(9-16)18-15/h3-8,11,17H,10H2,1-2H3. The summed E-state index contributed by atoms with van der Waals surface area (Å²) in [6, 6.07) is 14.5. The molecule has 0 aliphatic rings. The highest BCUT2D eigenvalue weighted by Gasteiger charge is 2.02. The van der Waals surface area contributed by atoms with Crippen LogP contribution in [0, 0.1) is 11.3 Å². The van der Waals surface area contributed by atoms with E-state index < -0.39 is 0 Å². The van der Waals surface area contributed by atoms with Gasteiger partial charge in [-0.15, -0.1) is 11.3 Å². The molecule has 0 saturated heterocycles. The molecule has 0 fully saturated rings. The van der Waals surface area contributed by atoms with E-state index in [0.717, 1.165) is 17.1 Å². The van der Waals surface area contributed by atoms with Crippen LogP contribution in [0.5, 0.6) is 0 Å². The number of nitriles is 1. The first kappa shape index (κ1) is 12.7. The van der Waals surface area contributed by atoms with E-state index in [1.165, 1.54) is 21.8 Å². The lowest BCUT2D eigenvalue weighted by Gasteiger charge is -2.09. The maximum Gasteiger partial charge on any atom is 0.110 e. The molecule has 1 aromatic heterocycles. The van der Waals surface area contributed by atoms with E-state index in [4.69, 9.17) is 5.26 Å². The number of nitrogens with one attached hydrogen (secondary N) is 1. The van der Waals surface area contributed by atoms with Crippen molar-refractivity contribution in [1.82, 2.24) is 0 Å². The van der Waals surface area contributed by atoms with Crippen LogP contribution in [0.4, 0.5) is 5.69 Å². The summed E-state index contributed by atoms with van der Waals surface area (Å²) in [5, 5.41) is 12.2. The molecule has 18 heavy (non-hydrogen) atoms. The molecular formula is C15H16N2S. The SMILES string of the molecule is CC(C)c1cccc(NCc2ccc(C#N)s2)c1. The number of hydrogen-bond donors (Lipinski definition) is 1. The lowest BCUT2D eigenvalue weighted by atomic mass is 10.0. The fourth-order valence-electron chi connectivity index (χ4n) is 1.73. The number of nitrogens with zero attached hydrogens (tertiary/aromatic N) is 1. The smallest absolute Gasteiger partial charge is 0.110 e. The Bertz CT molecular complexity index is 564. The molecule has 0 radical (unpaired) electrons. The van der Waals surface area contributed by atoms with E-state index in [9.17, 15) is 0 Å². The molecule has 3 heteroatoms. The minimum atomic E-state index is 0.540. The second-order valence-electron chi connectivity index (χ2n) is 4.51. The van der Waals surface area contributed by atoms with Crippen LogP contribution in [0.25, 0.3) is 0 Å². The first-order valence-electron chi connectivity index (χ1n) is 6.01. The van der Waals surface area contributed by atoms with E-state index in [0.29, 0.717) is 5.92 Å². The van der Waals surface area contributed by atoms with Crippen molar-refractivity contribution in [1.29, 1.82) is 5.26 Å². The Hall–Kier alpha value is -1.79. The van der Waals surface area contributed by atoms with Crippen LogP contribution < -0.4 is 5.32 Å². The molecule has 92 valence electrons. The highest BCUT2D eigenvalue weighted by molar-refractivity contribution is 7.12. The molecule has 2 rings (SSSR count). The average Bonchev–Trinajstić information content (AvgIpc) is 2.84. The minimum Gasteiger partial charge on any atom is -0.380 e. The first-order valence-corrected chi connectivity index (χ1v) is 6.83. The summed E-state index contributed by atoms with van der Waals surface area (Å²) in [6.45, 7) is 5.16. The lowest BCUT2D eigenvalue weighted by molar-refractivity contribution is 0.866. The molecule has 0 aliphatic carbocycles. The zero-order valence-corrected chi connectivity index (χ0v) is 11.4. The van der Waals surface area contributed by atoms with E-state index >= 15 is 0 Å². The number of hydrogen-bond acceptors (Lipinski definition) is 3. The van der Waals surface area contributed by atoms with E-state index in [2.05, 4.69) is 49.5 Å². The summed E-state index contributed by atoms with van der Waals surface area (Å²) < 4.78 is 0. The lowest BCUT2D eigenvalue weighted by Crippen LogP contribution is -1.98. The second kappa shape index (κ2) is 5.70. The van der Waals surface area contributed by atoms with Gasteiger partial charge in [-0.05, 0) is 35.7 Å². The van der Waals surface area contributed by atoms with Gasteiger partial charge in [0.2, 0.25) is 0 Å². The van der Waals surface area contributed by atoms with Crippen molar-refractivity contribution in [2.45, 2.75) is 26.3 Å². The molecule has 1 heterocycles. The molecule has 0 bridgehead atoms. The molecule has 1 aromatic carbocycles. The maximum absolute atomic E-state index is 8.77. The zero-order valence-electron chi connectivity index (χ0n) is 10.6. The van der Waals surface area contributed by atoms with Gasteiger partial charge in [0, 0.05) is 17.1 Å². The largest absolute Gasteiger partial charge is 0.380 e. The Kier molecular flexibility index (Phi) is 4.01. The van der Waals surface area contributed by atoms with Crippen molar-refractivity contribution in [2.75, 3.05) is 5.32 Å².